The van der Waals surface area contributed by atoms with Crippen molar-refractivity contribution in [3.63, 3.8) is 0 Å². The molecule has 0 radical (unpaired) electrons. The maximum atomic E-state index is 12.5. The predicted molar refractivity (Wildman–Crippen MR) is 149 cm³/mol. The summed E-state index contributed by atoms with van der Waals surface area (Å²) >= 11 is 0. The van der Waals surface area contributed by atoms with Crippen LogP contribution in [0.3, 0.4) is 0 Å². The third-order valence-electron chi connectivity index (χ3n) is 6.25. The Bertz CT molecular complexity index is 841. The lowest BCUT2D eigenvalue weighted by molar-refractivity contribution is 0.0734. The summed E-state index contributed by atoms with van der Waals surface area (Å²) in [6.45, 7) is 8.78. The molecule has 1 atom stereocenters. The van der Waals surface area contributed by atoms with E-state index < -0.39 is 0 Å². The maximum absolute atomic E-state index is 12.5. The van der Waals surface area contributed by atoms with E-state index in [1.165, 1.54) is 64.2 Å². The van der Waals surface area contributed by atoms with Crippen molar-refractivity contribution in [1.29, 1.82) is 0 Å². The Morgan fingerprint density at radius 3 is 2.03 bits per heavy atom. The van der Waals surface area contributed by atoms with Gasteiger partial charge in [0.25, 0.3) is 0 Å². The van der Waals surface area contributed by atoms with Gasteiger partial charge in [0, 0.05) is 0 Å². The van der Waals surface area contributed by atoms with E-state index in [0.29, 0.717) is 17.9 Å². The molecule has 1 unspecified atom stereocenters. The Labute approximate surface area is 219 Å². The van der Waals surface area contributed by atoms with Crippen molar-refractivity contribution in [1.82, 2.24) is 0 Å². The number of benzene rings is 2. The summed E-state index contributed by atoms with van der Waals surface area (Å²) < 4.78 is 17.3. The molecule has 0 spiro atoms. The molecule has 198 valence electrons. The van der Waals surface area contributed by atoms with Crippen LogP contribution in [0.4, 0.5) is 0 Å². The first-order chi connectivity index (χ1) is 17.6. The molecule has 0 N–H and O–H groups in total. The summed E-state index contributed by atoms with van der Waals surface area (Å²) in [4.78, 5) is 12.5. The van der Waals surface area contributed by atoms with Gasteiger partial charge in [-0.25, -0.2) is 4.79 Å². The zero-order valence-electron chi connectivity index (χ0n) is 22.5. The molecule has 0 aliphatic heterocycles. The van der Waals surface area contributed by atoms with Gasteiger partial charge in [-0.1, -0.05) is 64.4 Å². The van der Waals surface area contributed by atoms with Gasteiger partial charge in [0.15, 0.2) is 0 Å². The Morgan fingerprint density at radius 2 is 1.36 bits per heavy atom. The van der Waals surface area contributed by atoms with Crippen LogP contribution < -0.4 is 14.2 Å². The first-order valence-electron chi connectivity index (χ1n) is 13.9. The van der Waals surface area contributed by atoms with Gasteiger partial charge in [0.1, 0.15) is 17.2 Å². The number of ether oxygens (including phenoxy) is 3. The van der Waals surface area contributed by atoms with Gasteiger partial charge in [-0.05, 0) is 87.6 Å². The monoisotopic (exact) mass is 494 g/mol. The Kier molecular flexibility index (Phi) is 15.2. The molecule has 0 fully saturated rings. The maximum Gasteiger partial charge on any atom is 0.343 e. The van der Waals surface area contributed by atoms with Crippen LogP contribution in [-0.2, 0) is 0 Å². The van der Waals surface area contributed by atoms with E-state index in [9.17, 15) is 4.79 Å². The Balaban J connectivity index is 1.64. The molecule has 0 aliphatic rings. The van der Waals surface area contributed by atoms with Crippen LogP contribution in [-0.4, -0.2) is 18.7 Å². The molecule has 0 bridgehead atoms. The minimum absolute atomic E-state index is 0.165. The van der Waals surface area contributed by atoms with E-state index in [2.05, 4.69) is 20.4 Å². The van der Waals surface area contributed by atoms with Crippen LogP contribution in [0.25, 0.3) is 0 Å². The number of hydrogen-bond donors (Lipinski definition) is 0. The second kappa shape index (κ2) is 18.5. The molecule has 0 saturated heterocycles. The summed E-state index contributed by atoms with van der Waals surface area (Å²) in [7, 11) is 0. The van der Waals surface area contributed by atoms with Crippen LogP contribution in [0.1, 0.15) is 108 Å². The van der Waals surface area contributed by atoms with Gasteiger partial charge in [-0.3, -0.25) is 0 Å². The van der Waals surface area contributed by atoms with Crippen molar-refractivity contribution in [3.8, 4) is 17.2 Å². The molecule has 2 aromatic rings. The Morgan fingerprint density at radius 1 is 0.778 bits per heavy atom. The fourth-order valence-corrected chi connectivity index (χ4v) is 4.05. The summed E-state index contributed by atoms with van der Waals surface area (Å²) in [6.07, 6.45) is 18.0. The van der Waals surface area contributed by atoms with E-state index >= 15 is 0 Å². The molecular formula is C32H46O4. The molecule has 0 aliphatic carbocycles. The number of unbranched alkanes of at least 4 members (excludes halogenated alkanes) is 10. The highest BCUT2D eigenvalue weighted by Gasteiger charge is 2.10. The van der Waals surface area contributed by atoms with Crippen LogP contribution in [0, 0.1) is 0 Å². The van der Waals surface area contributed by atoms with Crippen molar-refractivity contribution < 1.29 is 19.0 Å². The Hall–Kier alpha value is -2.75. The minimum Gasteiger partial charge on any atom is -0.494 e. The van der Waals surface area contributed by atoms with E-state index in [0.717, 1.165) is 30.8 Å². The SMILES string of the molecule is C=CCCCCCCCCCOc1ccc(OC(=O)c2ccc(OC(C)CCCCCC)cc2)cc1. The highest BCUT2D eigenvalue weighted by Crippen LogP contribution is 2.21. The minimum atomic E-state index is -0.382. The fraction of sp³-hybridized carbons (Fsp3) is 0.531. The molecule has 0 amide bonds. The van der Waals surface area contributed by atoms with E-state index in [4.69, 9.17) is 14.2 Å². The number of esters is 1. The second-order valence-corrected chi connectivity index (χ2v) is 9.56. The van der Waals surface area contributed by atoms with Crippen molar-refractivity contribution in [3.05, 3.63) is 66.7 Å². The topological polar surface area (TPSA) is 44.8 Å². The third kappa shape index (κ3) is 12.8. The molecular weight excluding hydrogens is 448 g/mol. The van der Waals surface area contributed by atoms with E-state index in [1.807, 2.05) is 30.3 Å². The molecule has 4 nitrogen and oxygen atoms in total. The number of carbonyl (C=O) groups is 1. The lowest BCUT2D eigenvalue weighted by atomic mass is 10.1. The number of carbonyl (C=O) groups excluding carboxylic acids is 1. The number of allylic oxidation sites excluding steroid dienone is 1. The molecule has 0 saturated carbocycles. The number of hydrogen-bond acceptors (Lipinski definition) is 4. The van der Waals surface area contributed by atoms with Crippen molar-refractivity contribution in [2.45, 2.75) is 103 Å². The van der Waals surface area contributed by atoms with Crippen LogP contribution >= 0.6 is 0 Å². The van der Waals surface area contributed by atoms with Gasteiger partial charge >= 0.3 is 5.97 Å². The highest BCUT2D eigenvalue weighted by molar-refractivity contribution is 5.91. The zero-order valence-corrected chi connectivity index (χ0v) is 22.5. The molecule has 2 aromatic carbocycles. The molecule has 0 heterocycles. The summed E-state index contributed by atoms with van der Waals surface area (Å²) in [5.74, 6) is 1.70. The van der Waals surface area contributed by atoms with Crippen molar-refractivity contribution >= 4 is 5.97 Å². The lowest BCUT2D eigenvalue weighted by Gasteiger charge is -2.14. The van der Waals surface area contributed by atoms with Gasteiger partial charge in [0.2, 0.25) is 0 Å². The van der Waals surface area contributed by atoms with E-state index in [1.54, 1.807) is 24.3 Å². The molecule has 4 heteroatoms. The van der Waals surface area contributed by atoms with Crippen molar-refractivity contribution in [2.24, 2.45) is 0 Å². The zero-order chi connectivity index (χ0) is 25.8. The van der Waals surface area contributed by atoms with Gasteiger partial charge in [0.05, 0.1) is 18.3 Å². The summed E-state index contributed by atoms with van der Waals surface area (Å²) in [6, 6.07) is 14.4. The third-order valence-corrected chi connectivity index (χ3v) is 6.25. The second-order valence-electron chi connectivity index (χ2n) is 9.56. The normalized spacial score (nSPS) is 11.6. The van der Waals surface area contributed by atoms with Crippen LogP contribution in [0.5, 0.6) is 17.2 Å². The number of rotatable bonds is 20. The highest BCUT2D eigenvalue weighted by atomic mass is 16.5. The van der Waals surface area contributed by atoms with Crippen LogP contribution in [0.2, 0.25) is 0 Å². The van der Waals surface area contributed by atoms with Crippen LogP contribution in [0.15, 0.2) is 61.2 Å². The smallest absolute Gasteiger partial charge is 0.343 e. The first kappa shape index (κ1) is 29.5. The summed E-state index contributed by atoms with van der Waals surface area (Å²) in [5.41, 5.74) is 0.499. The summed E-state index contributed by atoms with van der Waals surface area (Å²) in [5, 5.41) is 0. The quantitative estimate of drug-likeness (QED) is 0.0796. The fourth-order valence-electron chi connectivity index (χ4n) is 4.05. The largest absolute Gasteiger partial charge is 0.494 e. The van der Waals surface area contributed by atoms with Gasteiger partial charge in [-0.15, -0.1) is 6.58 Å². The predicted octanol–water partition coefficient (Wildman–Crippen LogP) is 9.33. The molecule has 0 aromatic heterocycles. The average Bonchev–Trinajstić information content (AvgIpc) is 2.89. The van der Waals surface area contributed by atoms with E-state index in [-0.39, 0.29) is 12.1 Å². The standard InChI is InChI=1S/C32H46O4/c1-4-6-8-10-11-12-13-14-16-26-34-29-22-24-31(25-23-29)36-32(33)28-18-20-30(21-19-28)35-27(3)17-15-9-7-5-2/h4,18-25,27H,1,5-17,26H2,2-3H3. The first-order valence-corrected chi connectivity index (χ1v) is 13.9. The molecule has 2 rings (SSSR count). The van der Waals surface area contributed by atoms with Crippen molar-refractivity contribution in [2.75, 3.05) is 6.61 Å². The van der Waals surface area contributed by atoms with Gasteiger partial charge in [-0.2, -0.15) is 0 Å². The average molecular weight is 495 g/mol. The van der Waals surface area contributed by atoms with Gasteiger partial charge < -0.3 is 14.2 Å². The molecule has 36 heavy (non-hydrogen) atoms. The lowest BCUT2D eigenvalue weighted by Crippen LogP contribution is -2.12.